The molecule has 1 saturated heterocycles. The van der Waals surface area contributed by atoms with Crippen LogP contribution >= 0.6 is 0 Å². The Kier molecular flexibility index (Phi) is 4.37. The van der Waals surface area contributed by atoms with E-state index in [9.17, 15) is 4.79 Å². The zero-order chi connectivity index (χ0) is 13.0. The number of nitrogens with one attached hydrogen (secondary N) is 1. The summed E-state index contributed by atoms with van der Waals surface area (Å²) in [7, 11) is 0. The van der Waals surface area contributed by atoms with Crippen LogP contribution in [0.5, 0.6) is 0 Å². The predicted molar refractivity (Wildman–Crippen MR) is 72.8 cm³/mol. The summed E-state index contributed by atoms with van der Waals surface area (Å²) in [4.78, 5) is 12.0. The molecule has 0 spiro atoms. The number of hydrogen-bond acceptors (Lipinski definition) is 2. The van der Waals surface area contributed by atoms with Gasteiger partial charge < -0.3 is 10.1 Å². The molecular formula is C15H21NO2. The molecule has 1 aromatic rings. The summed E-state index contributed by atoms with van der Waals surface area (Å²) in [6.45, 7) is 4.82. The molecule has 1 unspecified atom stereocenters. The lowest BCUT2D eigenvalue weighted by molar-refractivity contribution is -0.119. The van der Waals surface area contributed by atoms with Crippen molar-refractivity contribution in [3.05, 3.63) is 29.3 Å². The lowest BCUT2D eigenvalue weighted by atomic mass is 10.1. The Morgan fingerprint density at radius 3 is 2.67 bits per heavy atom. The number of hydrogen-bond donors (Lipinski definition) is 1. The first-order chi connectivity index (χ1) is 8.66. The molecule has 0 aromatic heterocycles. The molecule has 0 aliphatic carbocycles. The first-order valence-corrected chi connectivity index (χ1v) is 6.64. The van der Waals surface area contributed by atoms with E-state index in [-0.39, 0.29) is 12.0 Å². The molecule has 3 heteroatoms. The molecule has 0 saturated carbocycles. The van der Waals surface area contributed by atoms with Gasteiger partial charge in [-0.05, 0) is 44.2 Å². The van der Waals surface area contributed by atoms with Crippen LogP contribution in [0.1, 0.15) is 36.8 Å². The molecule has 1 amide bonds. The number of carbonyl (C=O) groups excluding carboxylic acids is 1. The highest BCUT2D eigenvalue weighted by molar-refractivity contribution is 5.92. The number of carbonyl (C=O) groups is 1. The highest BCUT2D eigenvalue weighted by atomic mass is 16.5. The highest BCUT2D eigenvalue weighted by Gasteiger charge is 2.18. The minimum Gasteiger partial charge on any atom is -0.378 e. The van der Waals surface area contributed by atoms with Crippen molar-refractivity contribution < 1.29 is 9.53 Å². The zero-order valence-corrected chi connectivity index (χ0v) is 11.2. The van der Waals surface area contributed by atoms with Gasteiger partial charge in [0.25, 0.3) is 0 Å². The Bertz CT molecular complexity index is 402. The molecule has 1 aromatic carbocycles. The molecule has 1 aliphatic rings. The number of aryl methyl sites for hydroxylation is 2. The fraction of sp³-hybridized carbons (Fsp3) is 0.533. The number of anilines is 1. The van der Waals surface area contributed by atoms with E-state index >= 15 is 0 Å². The Hall–Kier alpha value is -1.35. The fourth-order valence-corrected chi connectivity index (χ4v) is 2.38. The molecule has 3 nitrogen and oxygen atoms in total. The standard InChI is InChI=1S/C15H21NO2/c1-11-6-5-7-12(2)15(11)16-14(17)10-13-8-3-4-9-18-13/h5-7,13H,3-4,8-10H2,1-2H3,(H,16,17). The van der Waals surface area contributed by atoms with Gasteiger partial charge in [0, 0.05) is 12.3 Å². The maximum absolute atomic E-state index is 12.0. The number of benzene rings is 1. The van der Waals surface area contributed by atoms with E-state index in [1.54, 1.807) is 0 Å². The third-order valence-corrected chi connectivity index (χ3v) is 3.43. The molecule has 0 radical (unpaired) electrons. The van der Waals surface area contributed by atoms with Crippen LogP contribution in [0, 0.1) is 13.8 Å². The number of amides is 1. The molecular weight excluding hydrogens is 226 g/mol. The summed E-state index contributed by atoms with van der Waals surface area (Å²) in [6, 6.07) is 6.03. The molecule has 1 atom stereocenters. The second kappa shape index (κ2) is 6.01. The van der Waals surface area contributed by atoms with E-state index in [0.29, 0.717) is 6.42 Å². The first-order valence-electron chi connectivity index (χ1n) is 6.64. The summed E-state index contributed by atoms with van der Waals surface area (Å²) < 4.78 is 5.59. The molecule has 1 N–H and O–H groups in total. The van der Waals surface area contributed by atoms with Gasteiger partial charge in [0.1, 0.15) is 0 Å². The summed E-state index contributed by atoms with van der Waals surface area (Å²) in [5, 5.41) is 3.01. The maximum atomic E-state index is 12.0. The molecule has 18 heavy (non-hydrogen) atoms. The van der Waals surface area contributed by atoms with Gasteiger partial charge in [-0.15, -0.1) is 0 Å². The van der Waals surface area contributed by atoms with Gasteiger partial charge in [0.2, 0.25) is 5.91 Å². The van der Waals surface area contributed by atoms with E-state index in [1.165, 1.54) is 6.42 Å². The third kappa shape index (κ3) is 3.33. The molecule has 1 fully saturated rings. The maximum Gasteiger partial charge on any atom is 0.227 e. The molecule has 98 valence electrons. The fourth-order valence-electron chi connectivity index (χ4n) is 2.38. The lowest BCUT2D eigenvalue weighted by Gasteiger charge is -2.22. The van der Waals surface area contributed by atoms with Crippen LogP contribution in [-0.2, 0) is 9.53 Å². The van der Waals surface area contributed by atoms with E-state index < -0.39 is 0 Å². The van der Waals surface area contributed by atoms with Crippen molar-refractivity contribution in [1.82, 2.24) is 0 Å². The number of rotatable bonds is 3. The summed E-state index contributed by atoms with van der Waals surface area (Å²) in [6.07, 6.45) is 3.85. The quantitative estimate of drug-likeness (QED) is 0.890. The van der Waals surface area contributed by atoms with Gasteiger partial charge in [-0.25, -0.2) is 0 Å². The topological polar surface area (TPSA) is 38.3 Å². The predicted octanol–water partition coefficient (Wildman–Crippen LogP) is 3.20. The van der Waals surface area contributed by atoms with E-state index in [2.05, 4.69) is 5.32 Å². The zero-order valence-electron chi connectivity index (χ0n) is 11.2. The SMILES string of the molecule is Cc1cccc(C)c1NC(=O)CC1CCCCO1. The minimum atomic E-state index is 0.0549. The van der Waals surface area contributed by atoms with Crippen molar-refractivity contribution in [2.75, 3.05) is 11.9 Å². The van der Waals surface area contributed by atoms with Crippen LogP contribution in [0.15, 0.2) is 18.2 Å². The largest absolute Gasteiger partial charge is 0.378 e. The van der Waals surface area contributed by atoms with Crippen LogP contribution in [-0.4, -0.2) is 18.6 Å². The van der Waals surface area contributed by atoms with Gasteiger partial charge in [-0.3, -0.25) is 4.79 Å². The lowest BCUT2D eigenvalue weighted by Crippen LogP contribution is -2.26. The van der Waals surface area contributed by atoms with Crippen LogP contribution in [0.3, 0.4) is 0 Å². The van der Waals surface area contributed by atoms with E-state index in [0.717, 1.165) is 36.3 Å². The van der Waals surface area contributed by atoms with Crippen LogP contribution < -0.4 is 5.32 Å². The van der Waals surface area contributed by atoms with Crippen molar-refractivity contribution >= 4 is 11.6 Å². The van der Waals surface area contributed by atoms with Crippen molar-refractivity contribution in [1.29, 1.82) is 0 Å². The van der Waals surface area contributed by atoms with Crippen LogP contribution in [0.25, 0.3) is 0 Å². The van der Waals surface area contributed by atoms with Crippen molar-refractivity contribution in [3.8, 4) is 0 Å². The van der Waals surface area contributed by atoms with E-state index in [1.807, 2.05) is 32.0 Å². The van der Waals surface area contributed by atoms with Gasteiger partial charge in [0.05, 0.1) is 12.5 Å². The van der Waals surface area contributed by atoms with Crippen molar-refractivity contribution in [2.45, 2.75) is 45.6 Å². The summed E-state index contributed by atoms with van der Waals surface area (Å²) in [5.74, 6) is 0.0549. The number of para-hydroxylation sites is 1. The molecule has 1 heterocycles. The van der Waals surface area contributed by atoms with Gasteiger partial charge in [-0.1, -0.05) is 18.2 Å². The first kappa shape index (κ1) is 13.1. The van der Waals surface area contributed by atoms with Gasteiger partial charge in [0.15, 0.2) is 0 Å². The van der Waals surface area contributed by atoms with Crippen molar-refractivity contribution in [2.24, 2.45) is 0 Å². The third-order valence-electron chi connectivity index (χ3n) is 3.43. The van der Waals surface area contributed by atoms with Gasteiger partial charge >= 0.3 is 0 Å². The monoisotopic (exact) mass is 247 g/mol. The minimum absolute atomic E-state index is 0.0549. The van der Waals surface area contributed by atoms with E-state index in [4.69, 9.17) is 4.74 Å². The normalized spacial score (nSPS) is 19.6. The molecule has 1 aliphatic heterocycles. The Morgan fingerprint density at radius 2 is 2.06 bits per heavy atom. The highest BCUT2D eigenvalue weighted by Crippen LogP contribution is 2.21. The Morgan fingerprint density at radius 1 is 1.33 bits per heavy atom. The molecule has 0 bridgehead atoms. The average molecular weight is 247 g/mol. The Balaban J connectivity index is 1.94. The second-order valence-electron chi connectivity index (χ2n) is 5.01. The van der Waals surface area contributed by atoms with Crippen LogP contribution in [0.4, 0.5) is 5.69 Å². The smallest absolute Gasteiger partial charge is 0.227 e. The molecule has 2 rings (SSSR count). The second-order valence-corrected chi connectivity index (χ2v) is 5.01. The summed E-state index contributed by atoms with van der Waals surface area (Å²) >= 11 is 0. The van der Waals surface area contributed by atoms with Crippen LogP contribution in [0.2, 0.25) is 0 Å². The Labute approximate surface area is 109 Å². The van der Waals surface area contributed by atoms with Crippen molar-refractivity contribution in [3.63, 3.8) is 0 Å². The average Bonchev–Trinajstić information content (AvgIpc) is 2.35. The summed E-state index contributed by atoms with van der Waals surface area (Å²) in [5.41, 5.74) is 3.15. The van der Waals surface area contributed by atoms with Gasteiger partial charge in [-0.2, -0.15) is 0 Å². The number of ether oxygens (including phenoxy) is 1.